The molecule has 0 unspecified atom stereocenters. The van der Waals surface area contributed by atoms with Gasteiger partial charge in [0.2, 0.25) is 0 Å². The zero-order valence-corrected chi connectivity index (χ0v) is 15.1. The van der Waals surface area contributed by atoms with Gasteiger partial charge in [0, 0.05) is 49.2 Å². The average molecular weight is 398 g/mol. The predicted molar refractivity (Wildman–Crippen MR) is 99.6 cm³/mol. The summed E-state index contributed by atoms with van der Waals surface area (Å²) in [5.74, 6) is -0.0121. The van der Waals surface area contributed by atoms with E-state index in [2.05, 4.69) is 35.8 Å². The van der Waals surface area contributed by atoms with Crippen LogP contribution in [0.2, 0.25) is 0 Å². The summed E-state index contributed by atoms with van der Waals surface area (Å²) >= 11 is 3.43. The SMILES string of the molecule is O=C(c1ccccn1)N1CCN(c2ccnc3cc(Br)cnc23)CC1. The van der Waals surface area contributed by atoms with Crippen LogP contribution in [-0.2, 0) is 0 Å². The molecule has 1 fully saturated rings. The lowest BCUT2D eigenvalue weighted by molar-refractivity contribution is 0.0741. The van der Waals surface area contributed by atoms with Crippen LogP contribution in [0, 0.1) is 0 Å². The number of pyridine rings is 3. The highest BCUT2D eigenvalue weighted by molar-refractivity contribution is 9.10. The van der Waals surface area contributed by atoms with Gasteiger partial charge in [-0.3, -0.25) is 19.7 Å². The third kappa shape index (κ3) is 3.19. The summed E-state index contributed by atoms with van der Waals surface area (Å²) in [7, 11) is 0. The lowest BCUT2D eigenvalue weighted by atomic mass is 10.2. The zero-order valence-electron chi connectivity index (χ0n) is 13.5. The van der Waals surface area contributed by atoms with E-state index in [-0.39, 0.29) is 5.91 Å². The van der Waals surface area contributed by atoms with E-state index in [1.54, 1.807) is 24.7 Å². The average Bonchev–Trinajstić information content (AvgIpc) is 2.67. The van der Waals surface area contributed by atoms with Crippen LogP contribution >= 0.6 is 15.9 Å². The molecule has 25 heavy (non-hydrogen) atoms. The molecule has 0 radical (unpaired) electrons. The first-order chi connectivity index (χ1) is 12.2. The van der Waals surface area contributed by atoms with E-state index in [4.69, 9.17) is 0 Å². The van der Waals surface area contributed by atoms with Gasteiger partial charge in [0.25, 0.3) is 5.91 Å². The fourth-order valence-electron chi connectivity index (χ4n) is 3.05. The number of nitrogens with zero attached hydrogens (tertiary/aromatic N) is 5. The molecule has 0 bridgehead atoms. The van der Waals surface area contributed by atoms with Gasteiger partial charge in [0.15, 0.2) is 0 Å². The molecule has 4 rings (SSSR count). The van der Waals surface area contributed by atoms with E-state index in [0.717, 1.165) is 34.3 Å². The fraction of sp³-hybridized carbons (Fsp3) is 0.222. The van der Waals surface area contributed by atoms with Crippen LogP contribution in [0.3, 0.4) is 0 Å². The first kappa shape index (κ1) is 16.0. The van der Waals surface area contributed by atoms with Crippen molar-refractivity contribution in [2.45, 2.75) is 0 Å². The van der Waals surface area contributed by atoms with Crippen molar-refractivity contribution in [1.82, 2.24) is 19.9 Å². The highest BCUT2D eigenvalue weighted by Crippen LogP contribution is 2.26. The monoisotopic (exact) mass is 397 g/mol. The number of amides is 1. The Labute approximate surface area is 153 Å². The van der Waals surface area contributed by atoms with Gasteiger partial charge in [-0.2, -0.15) is 0 Å². The first-order valence-electron chi connectivity index (χ1n) is 8.08. The van der Waals surface area contributed by atoms with Gasteiger partial charge < -0.3 is 9.80 Å². The number of carbonyl (C=O) groups is 1. The van der Waals surface area contributed by atoms with Gasteiger partial charge in [-0.1, -0.05) is 6.07 Å². The van der Waals surface area contributed by atoms with Crippen molar-refractivity contribution in [3.8, 4) is 0 Å². The minimum absolute atomic E-state index is 0.0121. The quantitative estimate of drug-likeness (QED) is 0.665. The number of rotatable bonds is 2. The van der Waals surface area contributed by atoms with Gasteiger partial charge in [-0.15, -0.1) is 0 Å². The van der Waals surface area contributed by atoms with Gasteiger partial charge in [0.05, 0.1) is 11.2 Å². The minimum atomic E-state index is -0.0121. The Morgan fingerprint density at radius 1 is 1.00 bits per heavy atom. The third-order valence-electron chi connectivity index (χ3n) is 4.31. The molecule has 0 spiro atoms. The Bertz CT molecular complexity index is 910. The maximum absolute atomic E-state index is 12.5. The Hall–Kier alpha value is -2.54. The first-order valence-corrected chi connectivity index (χ1v) is 8.87. The normalized spacial score (nSPS) is 14.8. The smallest absolute Gasteiger partial charge is 0.272 e. The van der Waals surface area contributed by atoms with E-state index in [0.29, 0.717) is 18.8 Å². The summed E-state index contributed by atoms with van der Waals surface area (Å²) in [6, 6.07) is 9.36. The molecule has 1 amide bonds. The van der Waals surface area contributed by atoms with Gasteiger partial charge in [-0.25, -0.2) is 0 Å². The van der Waals surface area contributed by atoms with Crippen molar-refractivity contribution >= 4 is 38.6 Å². The molecule has 1 aliphatic heterocycles. The molecule has 3 aromatic rings. The molecule has 0 aromatic carbocycles. The number of halogens is 1. The van der Waals surface area contributed by atoms with Crippen molar-refractivity contribution in [2.75, 3.05) is 31.1 Å². The molecule has 3 aromatic heterocycles. The molecular weight excluding hydrogens is 382 g/mol. The molecule has 0 N–H and O–H groups in total. The van der Waals surface area contributed by atoms with E-state index >= 15 is 0 Å². The van der Waals surface area contributed by atoms with E-state index in [1.807, 2.05) is 29.2 Å². The lowest BCUT2D eigenvalue weighted by Gasteiger charge is -2.36. The second-order valence-electron chi connectivity index (χ2n) is 5.85. The second kappa shape index (κ2) is 6.76. The Morgan fingerprint density at radius 3 is 2.60 bits per heavy atom. The summed E-state index contributed by atoms with van der Waals surface area (Å²) in [5.41, 5.74) is 3.30. The van der Waals surface area contributed by atoms with Crippen LogP contribution in [-0.4, -0.2) is 51.9 Å². The number of piperazine rings is 1. The number of carbonyl (C=O) groups excluding carboxylic acids is 1. The minimum Gasteiger partial charge on any atom is -0.366 e. The van der Waals surface area contributed by atoms with Crippen LogP contribution in [0.1, 0.15) is 10.5 Å². The van der Waals surface area contributed by atoms with Crippen molar-refractivity contribution in [3.63, 3.8) is 0 Å². The highest BCUT2D eigenvalue weighted by atomic mass is 79.9. The molecule has 1 saturated heterocycles. The van der Waals surface area contributed by atoms with E-state index < -0.39 is 0 Å². The molecule has 0 aliphatic carbocycles. The van der Waals surface area contributed by atoms with Gasteiger partial charge in [0.1, 0.15) is 11.2 Å². The summed E-state index contributed by atoms with van der Waals surface area (Å²) < 4.78 is 0.912. The lowest BCUT2D eigenvalue weighted by Crippen LogP contribution is -2.49. The second-order valence-corrected chi connectivity index (χ2v) is 6.76. The predicted octanol–water partition coefficient (Wildman–Crippen LogP) is 2.75. The van der Waals surface area contributed by atoms with Crippen LogP contribution in [0.15, 0.2) is 53.4 Å². The Kier molecular flexibility index (Phi) is 4.31. The summed E-state index contributed by atoms with van der Waals surface area (Å²) in [6.07, 6.45) is 5.24. The van der Waals surface area contributed by atoms with Crippen molar-refractivity contribution in [3.05, 3.63) is 59.1 Å². The molecule has 7 heteroatoms. The molecular formula is C18H16BrN5O. The third-order valence-corrected chi connectivity index (χ3v) is 4.75. The molecule has 0 atom stereocenters. The van der Waals surface area contributed by atoms with Gasteiger partial charge in [-0.05, 0) is 40.2 Å². The molecule has 0 saturated carbocycles. The van der Waals surface area contributed by atoms with Crippen LogP contribution in [0.25, 0.3) is 11.0 Å². The van der Waals surface area contributed by atoms with Crippen LogP contribution < -0.4 is 4.90 Å². The van der Waals surface area contributed by atoms with Crippen molar-refractivity contribution < 1.29 is 4.79 Å². The number of fused-ring (bicyclic) bond motifs is 1. The maximum atomic E-state index is 12.5. The van der Waals surface area contributed by atoms with E-state index in [1.165, 1.54) is 0 Å². The van der Waals surface area contributed by atoms with Crippen LogP contribution in [0.4, 0.5) is 5.69 Å². The summed E-state index contributed by atoms with van der Waals surface area (Å²) in [4.78, 5) is 29.7. The summed E-state index contributed by atoms with van der Waals surface area (Å²) in [5, 5.41) is 0. The highest BCUT2D eigenvalue weighted by Gasteiger charge is 2.24. The maximum Gasteiger partial charge on any atom is 0.272 e. The number of hydrogen-bond acceptors (Lipinski definition) is 5. The molecule has 6 nitrogen and oxygen atoms in total. The fourth-order valence-corrected chi connectivity index (χ4v) is 3.37. The topological polar surface area (TPSA) is 62.2 Å². The largest absolute Gasteiger partial charge is 0.366 e. The Morgan fingerprint density at radius 2 is 1.84 bits per heavy atom. The van der Waals surface area contributed by atoms with Crippen molar-refractivity contribution in [2.24, 2.45) is 0 Å². The Balaban J connectivity index is 1.52. The molecule has 1 aliphatic rings. The number of hydrogen-bond donors (Lipinski definition) is 0. The van der Waals surface area contributed by atoms with Crippen molar-refractivity contribution in [1.29, 1.82) is 0 Å². The number of anilines is 1. The molecule has 126 valence electrons. The molecule has 4 heterocycles. The number of aromatic nitrogens is 3. The zero-order chi connectivity index (χ0) is 17.2. The summed E-state index contributed by atoms with van der Waals surface area (Å²) in [6.45, 7) is 2.84. The van der Waals surface area contributed by atoms with Gasteiger partial charge >= 0.3 is 0 Å². The van der Waals surface area contributed by atoms with Crippen LogP contribution in [0.5, 0.6) is 0 Å². The van der Waals surface area contributed by atoms with E-state index in [9.17, 15) is 4.79 Å². The standard InChI is InChI=1S/C18H16BrN5O/c19-13-11-15-17(22-12-13)16(4-6-21-15)23-7-9-24(10-8-23)18(25)14-3-1-2-5-20-14/h1-6,11-12H,7-10H2.